The molecule has 0 saturated carbocycles. The predicted molar refractivity (Wildman–Crippen MR) is 113 cm³/mol. The maximum absolute atomic E-state index is 6.09. The Labute approximate surface area is 167 Å². The number of rotatable bonds is 2. The minimum atomic E-state index is 0.924. The summed E-state index contributed by atoms with van der Waals surface area (Å²) in [6, 6.07) is 8.29. The van der Waals surface area contributed by atoms with E-state index in [4.69, 9.17) is 4.74 Å². The van der Waals surface area contributed by atoms with Crippen LogP contribution in [0.25, 0.3) is 0 Å². The van der Waals surface area contributed by atoms with Crippen LogP contribution in [0.1, 0.15) is 11.1 Å². The molecule has 0 unspecified atom stereocenters. The fourth-order valence-corrected chi connectivity index (χ4v) is 3.85. The van der Waals surface area contributed by atoms with E-state index in [9.17, 15) is 0 Å². The van der Waals surface area contributed by atoms with Crippen LogP contribution in [0, 0.1) is 28.1 Å². The Hall–Kier alpha value is 1.16. The van der Waals surface area contributed by atoms with Crippen LogP contribution < -0.4 is 4.74 Å². The van der Waals surface area contributed by atoms with E-state index < -0.39 is 0 Å². The molecule has 0 aliphatic heterocycles. The lowest BCUT2D eigenvalue weighted by molar-refractivity contribution is 0.474. The van der Waals surface area contributed by atoms with E-state index in [2.05, 4.69) is 116 Å². The van der Waals surface area contributed by atoms with E-state index in [0.717, 1.165) is 11.5 Å². The average Bonchev–Trinajstić information content (AvgIpc) is 2.39. The van der Waals surface area contributed by atoms with Crippen LogP contribution in [0.5, 0.6) is 11.5 Å². The van der Waals surface area contributed by atoms with Gasteiger partial charge >= 0.3 is 0 Å². The molecule has 1 nitrogen and oxygen atoms in total. The van der Waals surface area contributed by atoms with E-state index in [0.29, 0.717) is 0 Å². The summed E-state index contributed by atoms with van der Waals surface area (Å²) >= 11 is 9.43. The van der Waals surface area contributed by atoms with Crippen LogP contribution in [0.3, 0.4) is 0 Å². The van der Waals surface area contributed by atoms with Gasteiger partial charge < -0.3 is 4.74 Å². The summed E-state index contributed by atoms with van der Waals surface area (Å²) in [6.07, 6.45) is 0. The predicted octanol–water partition coefficient (Wildman–Crippen LogP) is 6.51. The molecular weight excluding hydrogens is 692 g/mol. The number of halogens is 4. The van der Waals surface area contributed by atoms with Gasteiger partial charge in [0.1, 0.15) is 11.5 Å². The Morgan fingerprint density at radius 2 is 1.00 bits per heavy atom. The summed E-state index contributed by atoms with van der Waals surface area (Å²) < 4.78 is 10.9. The monoisotopic (exact) mass is 702 g/mol. The largest absolute Gasteiger partial charge is 0.455 e. The summed E-state index contributed by atoms with van der Waals surface area (Å²) in [5.41, 5.74) is 2.57. The molecule has 0 aliphatic carbocycles. The van der Waals surface area contributed by atoms with E-state index >= 15 is 0 Å². The van der Waals surface area contributed by atoms with Crippen molar-refractivity contribution < 1.29 is 4.74 Å². The molecule has 100 valence electrons. The van der Waals surface area contributed by atoms with Gasteiger partial charge in [-0.1, -0.05) is 12.1 Å². The van der Waals surface area contributed by atoms with Crippen LogP contribution >= 0.6 is 90.4 Å². The number of ether oxygens (including phenoxy) is 1. The molecule has 0 N–H and O–H groups in total. The second kappa shape index (κ2) is 6.95. The molecule has 0 saturated heterocycles. The van der Waals surface area contributed by atoms with Crippen LogP contribution in [-0.2, 0) is 0 Å². The first-order chi connectivity index (χ1) is 8.91. The number of benzene rings is 2. The van der Waals surface area contributed by atoms with Gasteiger partial charge in [0.2, 0.25) is 0 Å². The molecule has 19 heavy (non-hydrogen) atoms. The number of hydrogen-bond donors (Lipinski definition) is 0. The quantitative estimate of drug-likeness (QED) is 0.325. The van der Waals surface area contributed by atoms with Gasteiger partial charge in [-0.2, -0.15) is 0 Å². The van der Waals surface area contributed by atoms with Crippen molar-refractivity contribution in [2.24, 2.45) is 0 Å². The lowest BCUT2D eigenvalue weighted by atomic mass is 10.2. The summed E-state index contributed by atoms with van der Waals surface area (Å²) in [6.45, 7) is 4.23. The Morgan fingerprint density at radius 1 is 0.632 bits per heavy atom. The third-order valence-electron chi connectivity index (χ3n) is 2.70. The van der Waals surface area contributed by atoms with E-state index in [-0.39, 0.29) is 0 Å². The topological polar surface area (TPSA) is 9.23 Å². The van der Waals surface area contributed by atoms with Crippen molar-refractivity contribution in [2.45, 2.75) is 13.8 Å². The normalized spacial score (nSPS) is 10.6. The third-order valence-corrected chi connectivity index (χ3v) is 9.69. The van der Waals surface area contributed by atoms with E-state index in [1.54, 1.807) is 0 Å². The summed E-state index contributed by atoms with van der Waals surface area (Å²) in [5.74, 6) is 1.85. The lowest BCUT2D eigenvalue weighted by Crippen LogP contribution is -1.96. The lowest BCUT2D eigenvalue weighted by Gasteiger charge is -2.13. The molecule has 2 aromatic rings. The average molecular weight is 702 g/mol. The van der Waals surface area contributed by atoms with Gasteiger partial charge in [0.15, 0.2) is 0 Å². The Bertz CT molecular complexity index is 582. The van der Waals surface area contributed by atoms with Crippen molar-refractivity contribution in [1.82, 2.24) is 0 Å². The zero-order valence-corrected chi connectivity index (χ0v) is 18.9. The molecule has 0 bridgehead atoms. The molecule has 5 heteroatoms. The molecule has 0 radical (unpaired) electrons. The minimum absolute atomic E-state index is 0.924. The molecule has 0 fully saturated rings. The van der Waals surface area contributed by atoms with Gasteiger partial charge in [0, 0.05) is 7.14 Å². The Balaban J connectivity index is 2.43. The van der Waals surface area contributed by atoms with Gasteiger partial charge in [-0.25, -0.2) is 0 Å². The van der Waals surface area contributed by atoms with Crippen LogP contribution in [0.4, 0.5) is 0 Å². The van der Waals surface area contributed by atoms with Crippen LogP contribution in [0.2, 0.25) is 0 Å². The zero-order valence-electron chi connectivity index (χ0n) is 10.2. The number of hydrogen-bond acceptors (Lipinski definition) is 1. The molecule has 0 aromatic heterocycles. The smallest absolute Gasteiger partial charge is 0.141 e. The second-order valence-electron chi connectivity index (χ2n) is 4.12. The zero-order chi connectivity index (χ0) is 14.2. The first-order valence-electron chi connectivity index (χ1n) is 5.49. The maximum atomic E-state index is 6.09. The molecule has 0 amide bonds. The van der Waals surface area contributed by atoms with Gasteiger partial charge in [-0.3, -0.25) is 0 Å². The van der Waals surface area contributed by atoms with Crippen molar-refractivity contribution in [1.29, 1.82) is 0 Å². The van der Waals surface area contributed by atoms with Crippen molar-refractivity contribution in [2.75, 3.05) is 0 Å². The minimum Gasteiger partial charge on any atom is -0.455 e. The first-order valence-corrected chi connectivity index (χ1v) is 9.80. The SMILES string of the molecule is Cc1ccc(Oc2ccc(C)c(I)c2I)c(I)c1I. The van der Waals surface area contributed by atoms with Crippen molar-refractivity contribution >= 4 is 90.4 Å². The van der Waals surface area contributed by atoms with Gasteiger partial charge in [0.05, 0.1) is 7.14 Å². The van der Waals surface area contributed by atoms with Crippen molar-refractivity contribution in [3.8, 4) is 11.5 Å². The van der Waals surface area contributed by atoms with E-state index in [1.165, 1.54) is 25.4 Å². The van der Waals surface area contributed by atoms with Crippen LogP contribution in [0.15, 0.2) is 24.3 Å². The molecule has 0 aliphatic rings. The highest BCUT2D eigenvalue weighted by Gasteiger charge is 2.12. The van der Waals surface area contributed by atoms with E-state index in [1.807, 2.05) is 12.1 Å². The fourth-order valence-electron chi connectivity index (χ4n) is 1.53. The highest BCUT2D eigenvalue weighted by molar-refractivity contribution is 14.1. The van der Waals surface area contributed by atoms with Crippen molar-refractivity contribution in [3.63, 3.8) is 0 Å². The molecule has 0 atom stereocenters. The van der Waals surface area contributed by atoms with Crippen molar-refractivity contribution in [3.05, 3.63) is 49.7 Å². The van der Waals surface area contributed by atoms with Crippen LogP contribution in [-0.4, -0.2) is 0 Å². The molecule has 2 rings (SSSR count). The molecule has 0 heterocycles. The maximum Gasteiger partial charge on any atom is 0.141 e. The highest BCUT2D eigenvalue weighted by atomic mass is 127. The molecule has 0 spiro atoms. The van der Waals surface area contributed by atoms with Gasteiger partial charge in [-0.05, 0) is 127 Å². The Kier molecular flexibility index (Phi) is 6.04. The summed E-state index contributed by atoms with van der Waals surface area (Å²) in [4.78, 5) is 0. The van der Waals surface area contributed by atoms with Gasteiger partial charge in [-0.15, -0.1) is 0 Å². The highest BCUT2D eigenvalue weighted by Crippen LogP contribution is 2.35. The Morgan fingerprint density at radius 3 is 1.37 bits per heavy atom. The standard InChI is InChI=1S/C14H10I4O/c1-7-3-5-9(13(17)11(7)15)19-10-6-4-8(2)12(16)14(10)18/h3-6H,1-2H3. The first kappa shape index (κ1) is 16.5. The van der Waals surface area contributed by atoms with Gasteiger partial charge in [0.25, 0.3) is 0 Å². The molecular formula is C14H10I4O. The third kappa shape index (κ3) is 3.68. The fraction of sp³-hybridized carbons (Fsp3) is 0.143. The molecule has 2 aromatic carbocycles. The number of aryl methyl sites for hydroxylation is 2. The summed E-state index contributed by atoms with van der Waals surface area (Å²) in [5, 5.41) is 0. The summed E-state index contributed by atoms with van der Waals surface area (Å²) in [7, 11) is 0. The second-order valence-corrected chi connectivity index (χ2v) is 8.43.